The number of piperidine rings is 1. The van der Waals surface area contributed by atoms with Crippen LogP contribution in [0.4, 0.5) is 0 Å². The molecular weight excluding hydrogens is 236 g/mol. The lowest BCUT2D eigenvalue weighted by Crippen LogP contribution is -2.32. The van der Waals surface area contributed by atoms with Crippen molar-refractivity contribution in [3.05, 3.63) is 23.5 Å². The van der Waals surface area contributed by atoms with E-state index in [2.05, 4.69) is 21.9 Å². The summed E-state index contributed by atoms with van der Waals surface area (Å²) >= 11 is 0. The van der Waals surface area contributed by atoms with Gasteiger partial charge in [-0.1, -0.05) is 6.42 Å². The molecule has 0 bridgehead atoms. The summed E-state index contributed by atoms with van der Waals surface area (Å²) in [6.45, 7) is 4.65. The molecule has 1 aliphatic carbocycles. The number of likely N-dealkylation sites (tertiary alicyclic amines) is 1. The quantitative estimate of drug-likeness (QED) is 0.781. The van der Waals surface area contributed by atoms with Crippen LogP contribution in [0.1, 0.15) is 54.4 Å². The Kier molecular flexibility index (Phi) is 4.02. The van der Waals surface area contributed by atoms with E-state index in [0.717, 1.165) is 44.3 Å². The molecule has 1 aliphatic heterocycles. The highest BCUT2D eigenvalue weighted by Crippen LogP contribution is 2.21. The standard InChI is InChI=1S/C16H24N2O/c19-16-7-3-2-6-14-12-18(13-15(14)16)11-10-17-8-4-1-5-9-17/h12-13H,1-11H2. The zero-order valence-corrected chi connectivity index (χ0v) is 11.7. The van der Waals surface area contributed by atoms with Crippen molar-refractivity contribution in [2.24, 2.45) is 0 Å². The predicted octanol–water partition coefficient (Wildman–Crippen LogP) is 2.88. The van der Waals surface area contributed by atoms with Gasteiger partial charge in [-0.3, -0.25) is 4.79 Å². The monoisotopic (exact) mass is 260 g/mol. The number of carbonyl (C=O) groups excluding carboxylic acids is 1. The van der Waals surface area contributed by atoms with Crippen LogP contribution in [0.15, 0.2) is 12.4 Å². The molecule has 1 aromatic rings. The third kappa shape index (κ3) is 3.08. The van der Waals surface area contributed by atoms with Crippen molar-refractivity contribution in [1.29, 1.82) is 0 Å². The normalized spacial score (nSPS) is 21.2. The van der Waals surface area contributed by atoms with Gasteiger partial charge in [0.15, 0.2) is 5.78 Å². The summed E-state index contributed by atoms with van der Waals surface area (Å²) in [4.78, 5) is 14.6. The number of Topliss-reactive ketones (excluding diaryl/α,β-unsaturated/α-hetero) is 1. The van der Waals surface area contributed by atoms with Crippen LogP contribution in [0.25, 0.3) is 0 Å². The van der Waals surface area contributed by atoms with E-state index in [1.807, 2.05) is 0 Å². The Morgan fingerprint density at radius 3 is 2.53 bits per heavy atom. The molecule has 104 valence electrons. The third-order valence-electron chi connectivity index (χ3n) is 4.49. The summed E-state index contributed by atoms with van der Waals surface area (Å²) in [5, 5.41) is 0. The maximum Gasteiger partial charge on any atom is 0.164 e. The van der Waals surface area contributed by atoms with Crippen LogP contribution in [0.2, 0.25) is 0 Å². The fourth-order valence-corrected chi connectivity index (χ4v) is 3.31. The molecule has 0 unspecified atom stereocenters. The lowest BCUT2D eigenvalue weighted by molar-refractivity contribution is 0.0982. The van der Waals surface area contributed by atoms with Crippen molar-refractivity contribution < 1.29 is 4.79 Å². The highest BCUT2D eigenvalue weighted by molar-refractivity contribution is 5.97. The number of carbonyl (C=O) groups is 1. The fourth-order valence-electron chi connectivity index (χ4n) is 3.31. The third-order valence-corrected chi connectivity index (χ3v) is 4.49. The van der Waals surface area contributed by atoms with Gasteiger partial charge in [0, 0.05) is 37.5 Å². The van der Waals surface area contributed by atoms with Gasteiger partial charge in [-0.25, -0.2) is 0 Å². The highest BCUT2D eigenvalue weighted by Gasteiger charge is 2.18. The van der Waals surface area contributed by atoms with E-state index in [1.165, 1.54) is 37.9 Å². The molecule has 0 amide bonds. The van der Waals surface area contributed by atoms with Crippen LogP contribution in [0.5, 0.6) is 0 Å². The molecule has 1 saturated heterocycles. The van der Waals surface area contributed by atoms with Crippen LogP contribution in [0, 0.1) is 0 Å². The fraction of sp³-hybridized carbons (Fsp3) is 0.688. The zero-order chi connectivity index (χ0) is 13.1. The van der Waals surface area contributed by atoms with Gasteiger partial charge in [-0.15, -0.1) is 0 Å². The minimum atomic E-state index is 0.351. The summed E-state index contributed by atoms with van der Waals surface area (Å²) < 4.78 is 2.24. The topological polar surface area (TPSA) is 25.2 Å². The molecule has 1 fully saturated rings. The Labute approximate surface area is 115 Å². The number of rotatable bonds is 3. The van der Waals surface area contributed by atoms with Crippen molar-refractivity contribution in [2.45, 2.75) is 51.5 Å². The zero-order valence-electron chi connectivity index (χ0n) is 11.7. The first-order valence-corrected chi connectivity index (χ1v) is 7.77. The molecule has 2 heterocycles. The second-order valence-electron chi connectivity index (χ2n) is 5.97. The Morgan fingerprint density at radius 1 is 0.895 bits per heavy atom. The second kappa shape index (κ2) is 5.91. The van der Waals surface area contributed by atoms with E-state index in [1.54, 1.807) is 0 Å². The summed E-state index contributed by atoms with van der Waals surface area (Å²) in [6.07, 6.45) is 12.4. The van der Waals surface area contributed by atoms with Gasteiger partial charge < -0.3 is 9.47 Å². The van der Waals surface area contributed by atoms with Crippen molar-refractivity contribution in [1.82, 2.24) is 9.47 Å². The molecule has 1 aromatic heterocycles. The van der Waals surface area contributed by atoms with Crippen LogP contribution in [-0.4, -0.2) is 34.9 Å². The van der Waals surface area contributed by atoms with Crippen molar-refractivity contribution in [2.75, 3.05) is 19.6 Å². The van der Waals surface area contributed by atoms with Crippen molar-refractivity contribution in [3.8, 4) is 0 Å². The van der Waals surface area contributed by atoms with E-state index in [9.17, 15) is 4.79 Å². The molecule has 0 radical (unpaired) electrons. The SMILES string of the molecule is O=C1CCCCc2cn(CCN3CCCCC3)cc21. The number of fused-ring (bicyclic) bond motifs is 1. The van der Waals surface area contributed by atoms with Gasteiger partial charge in [-0.05, 0) is 50.8 Å². The molecule has 0 N–H and O–H groups in total. The largest absolute Gasteiger partial charge is 0.352 e. The van der Waals surface area contributed by atoms with E-state index in [0.29, 0.717) is 5.78 Å². The number of aryl methyl sites for hydroxylation is 1. The summed E-state index contributed by atoms with van der Waals surface area (Å²) in [5.74, 6) is 0.351. The summed E-state index contributed by atoms with van der Waals surface area (Å²) in [6, 6.07) is 0. The maximum absolute atomic E-state index is 12.0. The molecule has 0 spiro atoms. The van der Waals surface area contributed by atoms with E-state index >= 15 is 0 Å². The molecular formula is C16H24N2O. The molecule has 3 heteroatoms. The van der Waals surface area contributed by atoms with E-state index in [-0.39, 0.29) is 0 Å². The molecule has 0 aromatic carbocycles. The Balaban J connectivity index is 1.62. The molecule has 0 atom stereocenters. The average Bonchev–Trinajstić information content (AvgIpc) is 2.78. The number of hydrogen-bond acceptors (Lipinski definition) is 2. The lowest BCUT2D eigenvalue weighted by atomic mass is 10.1. The lowest BCUT2D eigenvalue weighted by Gasteiger charge is -2.26. The first kappa shape index (κ1) is 12.9. The highest BCUT2D eigenvalue weighted by atomic mass is 16.1. The molecule has 0 saturated carbocycles. The Hall–Kier alpha value is -1.09. The predicted molar refractivity (Wildman–Crippen MR) is 76.6 cm³/mol. The minimum absolute atomic E-state index is 0.351. The Morgan fingerprint density at radius 2 is 1.68 bits per heavy atom. The Bertz CT molecular complexity index is 444. The van der Waals surface area contributed by atoms with Crippen molar-refractivity contribution >= 4 is 5.78 Å². The minimum Gasteiger partial charge on any atom is -0.352 e. The van der Waals surface area contributed by atoms with Gasteiger partial charge >= 0.3 is 0 Å². The number of ketones is 1. The van der Waals surface area contributed by atoms with E-state index < -0.39 is 0 Å². The van der Waals surface area contributed by atoms with Crippen LogP contribution >= 0.6 is 0 Å². The second-order valence-corrected chi connectivity index (χ2v) is 5.97. The smallest absolute Gasteiger partial charge is 0.164 e. The molecule has 3 nitrogen and oxygen atoms in total. The van der Waals surface area contributed by atoms with Gasteiger partial charge in [0.2, 0.25) is 0 Å². The number of aromatic nitrogens is 1. The van der Waals surface area contributed by atoms with Gasteiger partial charge in [0.05, 0.1) is 0 Å². The van der Waals surface area contributed by atoms with Crippen molar-refractivity contribution in [3.63, 3.8) is 0 Å². The van der Waals surface area contributed by atoms with Gasteiger partial charge in [-0.2, -0.15) is 0 Å². The first-order chi connectivity index (χ1) is 9.33. The summed E-state index contributed by atoms with van der Waals surface area (Å²) in [5.41, 5.74) is 2.28. The van der Waals surface area contributed by atoms with Gasteiger partial charge in [0.25, 0.3) is 0 Å². The number of hydrogen-bond donors (Lipinski definition) is 0. The molecule has 19 heavy (non-hydrogen) atoms. The first-order valence-electron chi connectivity index (χ1n) is 7.77. The van der Waals surface area contributed by atoms with Crippen LogP contribution in [-0.2, 0) is 13.0 Å². The average molecular weight is 260 g/mol. The van der Waals surface area contributed by atoms with Crippen LogP contribution in [0.3, 0.4) is 0 Å². The molecule has 2 aliphatic rings. The summed E-state index contributed by atoms with van der Waals surface area (Å²) in [7, 11) is 0. The van der Waals surface area contributed by atoms with Crippen LogP contribution < -0.4 is 0 Å². The maximum atomic E-state index is 12.0. The van der Waals surface area contributed by atoms with E-state index in [4.69, 9.17) is 0 Å². The van der Waals surface area contributed by atoms with Gasteiger partial charge in [0.1, 0.15) is 0 Å². The molecule has 3 rings (SSSR count). The number of nitrogens with zero attached hydrogens (tertiary/aromatic N) is 2.